The van der Waals surface area contributed by atoms with E-state index in [9.17, 15) is 4.79 Å². The molecular formula is C15H21NO2S. The molecule has 104 valence electrons. The molecule has 3 nitrogen and oxygen atoms in total. The molecule has 0 fully saturated rings. The average molecular weight is 279 g/mol. The molecule has 0 aromatic heterocycles. The summed E-state index contributed by atoms with van der Waals surface area (Å²) in [4.78, 5) is 12.9. The molecular weight excluding hydrogens is 258 g/mol. The maximum Gasteiger partial charge on any atom is 0.244 e. The van der Waals surface area contributed by atoms with E-state index < -0.39 is 0 Å². The Bertz CT molecular complexity index is 415. The third-order valence-electron chi connectivity index (χ3n) is 2.86. The Labute approximate surface area is 119 Å². The molecule has 1 atom stereocenters. The van der Waals surface area contributed by atoms with Gasteiger partial charge in [0.25, 0.3) is 0 Å². The van der Waals surface area contributed by atoms with Gasteiger partial charge in [0.15, 0.2) is 0 Å². The molecule has 1 aromatic carbocycles. The van der Waals surface area contributed by atoms with Crippen molar-refractivity contribution in [1.82, 2.24) is 5.32 Å². The number of thioether (sulfide) groups is 1. The van der Waals surface area contributed by atoms with Crippen LogP contribution in [0.5, 0.6) is 0 Å². The average Bonchev–Trinajstić information content (AvgIpc) is 2.45. The molecule has 0 saturated carbocycles. The minimum absolute atomic E-state index is 0.0426. The van der Waals surface area contributed by atoms with Crippen LogP contribution < -0.4 is 5.32 Å². The van der Waals surface area contributed by atoms with Gasteiger partial charge in [-0.05, 0) is 42.9 Å². The lowest BCUT2D eigenvalue weighted by Gasteiger charge is -2.13. The van der Waals surface area contributed by atoms with Gasteiger partial charge in [-0.25, -0.2) is 0 Å². The summed E-state index contributed by atoms with van der Waals surface area (Å²) >= 11 is 1.69. The highest BCUT2D eigenvalue weighted by molar-refractivity contribution is 7.98. The van der Waals surface area contributed by atoms with Crippen LogP contribution in [-0.2, 0) is 4.79 Å². The van der Waals surface area contributed by atoms with Gasteiger partial charge in [-0.1, -0.05) is 19.1 Å². The summed E-state index contributed by atoms with van der Waals surface area (Å²) in [6.45, 7) is 2.09. The number of nitrogens with one attached hydrogen (secondary N) is 1. The summed E-state index contributed by atoms with van der Waals surface area (Å²) in [5, 5.41) is 11.7. The molecule has 4 heteroatoms. The zero-order chi connectivity index (χ0) is 14.1. The predicted octanol–water partition coefficient (Wildman–Crippen LogP) is 2.70. The Morgan fingerprint density at radius 1 is 1.42 bits per heavy atom. The number of hydrogen-bond acceptors (Lipinski definition) is 3. The molecule has 1 aromatic rings. The van der Waals surface area contributed by atoms with Crippen molar-refractivity contribution in [2.75, 3.05) is 12.9 Å². The van der Waals surface area contributed by atoms with Crippen molar-refractivity contribution in [2.24, 2.45) is 0 Å². The van der Waals surface area contributed by atoms with Crippen molar-refractivity contribution in [3.8, 4) is 0 Å². The number of carbonyl (C=O) groups is 1. The van der Waals surface area contributed by atoms with Crippen LogP contribution >= 0.6 is 11.8 Å². The van der Waals surface area contributed by atoms with Crippen molar-refractivity contribution in [2.45, 2.75) is 30.7 Å². The summed E-state index contributed by atoms with van der Waals surface area (Å²) < 4.78 is 0. The van der Waals surface area contributed by atoms with E-state index in [2.05, 4.69) is 5.32 Å². The standard InChI is InChI=1S/C15H21NO2S/c1-3-13(10-11-17)16-15(18)9-6-12-4-7-14(19-2)8-5-12/h4-9,13,17H,3,10-11H2,1-2H3,(H,16,18)/b9-6+. The van der Waals surface area contributed by atoms with Crippen LogP contribution in [0.3, 0.4) is 0 Å². The van der Waals surface area contributed by atoms with Crippen molar-refractivity contribution in [3.05, 3.63) is 35.9 Å². The molecule has 0 heterocycles. The predicted molar refractivity (Wildman–Crippen MR) is 81.2 cm³/mol. The molecule has 2 N–H and O–H groups in total. The van der Waals surface area contributed by atoms with E-state index in [4.69, 9.17) is 5.11 Å². The summed E-state index contributed by atoms with van der Waals surface area (Å²) in [6.07, 6.45) is 6.78. The van der Waals surface area contributed by atoms with E-state index >= 15 is 0 Å². The number of rotatable bonds is 7. The normalized spacial score (nSPS) is 12.6. The van der Waals surface area contributed by atoms with Gasteiger partial charge in [0.05, 0.1) is 0 Å². The molecule has 19 heavy (non-hydrogen) atoms. The highest BCUT2D eigenvalue weighted by Gasteiger charge is 2.06. The fourth-order valence-corrected chi connectivity index (χ4v) is 2.08. The monoisotopic (exact) mass is 279 g/mol. The molecule has 0 saturated heterocycles. The number of aliphatic hydroxyl groups is 1. The quantitative estimate of drug-likeness (QED) is 0.596. The van der Waals surface area contributed by atoms with Gasteiger partial charge in [0.1, 0.15) is 0 Å². The van der Waals surface area contributed by atoms with Crippen LogP contribution in [0.2, 0.25) is 0 Å². The first-order valence-electron chi connectivity index (χ1n) is 6.43. The third-order valence-corrected chi connectivity index (χ3v) is 3.60. The van der Waals surface area contributed by atoms with Crippen molar-refractivity contribution >= 4 is 23.7 Å². The number of carbonyl (C=O) groups excluding carboxylic acids is 1. The SMILES string of the molecule is CCC(CCO)NC(=O)/C=C/c1ccc(SC)cc1. The highest BCUT2D eigenvalue weighted by Crippen LogP contribution is 2.15. The molecule has 0 aliphatic rings. The Hall–Kier alpha value is -1.26. The summed E-state index contributed by atoms with van der Waals surface area (Å²) in [6, 6.07) is 8.08. The largest absolute Gasteiger partial charge is 0.396 e. The second-order valence-corrected chi connectivity index (χ2v) is 5.11. The van der Waals surface area contributed by atoms with Gasteiger partial charge in [-0.3, -0.25) is 4.79 Å². The minimum Gasteiger partial charge on any atom is -0.396 e. The molecule has 0 bridgehead atoms. The first-order valence-corrected chi connectivity index (χ1v) is 7.65. The Morgan fingerprint density at radius 2 is 2.11 bits per heavy atom. The molecule has 0 aliphatic carbocycles. The first kappa shape index (κ1) is 15.8. The molecule has 1 amide bonds. The fourth-order valence-electron chi connectivity index (χ4n) is 1.67. The lowest BCUT2D eigenvalue weighted by molar-refractivity contribution is -0.117. The molecule has 0 spiro atoms. The van der Waals surface area contributed by atoms with E-state index in [1.165, 1.54) is 11.0 Å². The van der Waals surface area contributed by atoms with E-state index in [-0.39, 0.29) is 18.6 Å². The number of benzene rings is 1. The van der Waals surface area contributed by atoms with Crippen LogP contribution in [0, 0.1) is 0 Å². The van der Waals surface area contributed by atoms with Crippen molar-refractivity contribution < 1.29 is 9.90 Å². The zero-order valence-corrected chi connectivity index (χ0v) is 12.2. The van der Waals surface area contributed by atoms with Crippen molar-refractivity contribution in [1.29, 1.82) is 0 Å². The second-order valence-electron chi connectivity index (χ2n) is 4.23. The third kappa shape index (κ3) is 5.94. The molecule has 0 aliphatic heterocycles. The molecule has 1 rings (SSSR count). The number of hydrogen-bond donors (Lipinski definition) is 2. The zero-order valence-electron chi connectivity index (χ0n) is 11.4. The maximum absolute atomic E-state index is 11.7. The van der Waals surface area contributed by atoms with Gasteiger partial charge in [0, 0.05) is 23.6 Å². The topological polar surface area (TPSA) is 49.3 Å². The summed E-state index contributed by atoms with van der Waals surface area (Å²) in [7, 11) is 0. The minimum atomic E-state index is -0.116. The van der Waals surface area contributed by atoms with Gasteiger partial charge in [-0.2, -0.15) is 0 Å². The number of amides is 1. The first-order chi connectivity index (χ1) is 9.19. The van der Waals surface area contributed by atoms with E-state index in [0.29, 0.717) is 6.42 Å². The van der Waals surface area contributed by atoms with E-state index in [0.717, 1.165) is 12.0 Å². The smallest absolute Gasteiger partial charge is 0.244 e. The number of aliphatic hydroxyl groups excluding tert-OH is 1. The van der Waals surface area contributed by atoms with E-state index in [1.54, 1.807) is 17.8 Å². The fraction of sp³-hybridized carbons (Fsp3) is 0.400. The van der Waals surface area contributed by atoms with Gasteiger partial charge in [0.2, 0.25) is 5.91 Å². The molecule has 0 radical (unpaired) electrons. The lowest BCUT2D eigenvalue weighted by Crippen LogP contribution is -2.33. The molecule has 1 unspecified atom stereocenters. The van der Waals surface area contributed by atoms with Crippen LogP contribution in [0.15, 0.2) is 35.2 Å². The van der Waals surface area contributed by atoms with Crippen LogP contribution in [0.25, 0.3) is 6.08 Å². The summed E-state index contributed by atoms with van der Waals surface area (Å²) in [5.41, 5.74) is 1.00. The second kappa shape index (κ2) is 8.77. The Kier molecular flexibility index (Phi) is 7.30. The highest BCUT2D eigenvalue weighted by atomic mass is 32.2. The van der Waals surface area contributed by atoms with Gasteiger partial charge >= 0.3 is 0 Å². The Morgan fingerprint density at radius 3 is 2.63 bits per heavy atom. The van der Waals surface area contributed by atoms with Crippen LogP contribution in [0.1, 0.15) is 25.3 Å². The van der Waals surface area contributed by atoms with Gasteiger partial charge < -0.3 is 10.4 Å². The van der Waals surface area contributed by atoms with E-state index in [1.807, 2.05) is 37.4 Å². The summed E-state index contributed by atoms with van der Waals surface area (Å²) in [5.74, 6) is -0.116. The Balaban J connectivity index is 2.52. The van der Waals surface area contributed by atoms with Crippen molar-refractivity contribution in [3.63, 3.8) is 0 Å². The van der Waals surface area contributed by atoms with Crippen LogP contribution in [-0.4, -0.2) is 29.9 Å². The lowest BCUT2D eigenvalue weighted by atomic mass is 10.1. The van der Waals surface area contributed by atoms with Crippen LogP contribution in [0.4, 0.5) is 0 Å². The maximum atomic E-state index is 11.7. The van der Waals surface area contributed by atoms with Gasteiger partial charge in [-0.15, -0.1) is 11.8 Å².